The lowest BCUT2D eigenvalue weighted by molar-refractivity contribution is -0.220. The maximum atomic E-state index is 12.8. The minimum Gasteiger partial charge on any atom is -0.462 e. The molecule has 15 nitrogen and oxygen atoms in total. The Bertz CT molecular complexity index is 1490. The molecule has 1 aliphatic carbocycles. The smallest absolute Gasteiger partial charge is 0.462 e. The largest absolute Gasteiger partial charge is 0.472 e. The summed E-state index contributed by atoms with van der Waals surface area (Å²) < 4.78 is 33.3. The standard InChI is InChI=1S/C49H81O15P/c1-3-5-7-9-11-13-15-17-18-19-20-21-23-25-27-29-31-35-42(52)61-37-39(38-62-65(59,60)64-49-47(57)45(55)44(54)46(56)48(49)58)63-43(53)36-32-34-41(51)40(50)33-30-28-26-24-22-16-14-12-10-8-6-4-2/h11-14,17-18,20-22,24-25,27-28,30,39-41,44-51,54-58H,3-10,15-16,19,23,26,29,31-38H2,1-2H3,(H,59,60)/b13-11-,14-12-,18-17-,21-20-,24-22-,27-25-,30-28-/t39-,40?,41?,44?,45-,46+,47-,48-,49?/m1/s1. The minimum absolute atomic E-state index is 0.0259. The van der Waals surface area contributed by atoms with Crippen LogP contribution in [0.3, 0.4) is 0 Å². The van der Waals surface area contributed by atoms with Crippen LogP contribution < -0.4 is 0 Å². The van der Waals surface area contributed by atoms with Gasteiger partial charge in [-0.15, -0.1) is 0 Å². The molecule has 0 heterocycles. The first-order chi connectivity index (χ1) is 31.2. The minimum atomic E-state index is -5.22. The van der Waals surface area contributed by atoms with Crippen LogP contribution in [0.1, 0.15) is 142 Å². The van der Waals surface area contributed by atoms with Crippen LogP contribution in [-0.2, 0) is 32.7 Å². The zero-order valence-corrected chi connectivity index (χ0v) is 39.6. The number of aliphatic hydroxyl groups is 7. The monoisotopic (exact) mass is 941 g/mol. The molecule has 1 fully saturated rings. The summed E-state index contributed by atoms with van der Waals surface area (Å²) in [5.74, 6) is -1.46. The number of phosphoric acid groups is 1. The Hall–Kier alpha value is -3.05. The van der Waals surface area contributed by atoms with Gasteiger partial charge < -0.3 is 50.1 Å². The number of esters is 2. The molecule has 65 heavy (non-hydrogen) atoms. The summed E-state index contributed by atoms with van der Waals surface area (Å²) >= 11 is 0. The summed E-state index contributed by atoms with van der Waals surface area (Å²) in [7, 11) is -5.22. The van der Waals surface area contributed by atoms with Crippen LogP contribution in [0.25, 0.3) is 0 Å². The van der Waals surface area contributed by atoms with E-state index in [9.17, 15) is 54.8 Å². The Morgan fingerprint density at radius 2 is 0.969 bits per heavy atom. The highest BCUT2D eigenvalue weighted by atomic mass is 31.2. The zero-order valence-electron chi connectivity index (χ0n) is 38.7. The second-order valence-electron chi connectivity index (χ2n) is 16.2. The number of unbranched alkanes of at least 4 members (excludes halogenated alkanes) is 7. The molecule has 0 spiro atoms. The molecule has 8 N–H and O–H groups in total. The van der Waals surface area contributed by atoms with Crippen molar-refractivity contribution in [1.82, 2.24) is 0 Å². The van der Waals surface area contributed by atoms with Gasteiger partial charge in [0, 0.05) is 12.8 Å². The van der Waals surface area contributed by atoms with Gasteiger partial charge in [-0.05, 0) is 89.9 Å². The van der Waals surface area contributed by atoms with Crippen molar-refractivity contribution in [2.24, 2.45) is 0 Å². The molecule has 1 aliphatic rings. The SMILES string of the molecule is CCCCC/C=C\C/C=C\C/C=C\C/C=C\CCCC(=O)OC[C@H](COP(=O)(O)OC1[C@H](O)[C@H](O)C(O)[C@H](O)[C@H]1O)OC(=O)CCCC(O)C(O)C/C=C\C/C=C\C/C=C\CCCCC. The van der Waals surface area contributed by atoms with Crippen LogP contribution in [-0.4, -0.2) is 121 Å². The Kier molecular flexibility index (Phi) is 35.0. The number of ether oxygens (including phenoxy) is 2. The highest BCUT2D eigenvalue weighted by Crippen LogP contribution is 2.47. The average molecular weight is 941 g/mol. The molecular formula is C49H81O15P. The van der Waals surface area contributed by atoms with E-state index in [2.05, 4.69) is 68.5 Å². The van der Waals surface area contributed by atoms with Gasteiger partial charge in [0.1, 0.15) is 43.2 Å². The van der Waals surface area contributed by atoms with Crippen LogP contribution >= 0.6 is 7.82 Å². The maximum Gasteiger partial charge on any atom is 0.472 e. The Morgan fingerprint density at radius 1 is 0.538 bits per heavy atom. The first-order valence-corrected chi connectivity index (χ1v) is 25.1. The maximum absolute atomic E-state index is 12.8. The van der Waals surface area contributed by atoms with Gasteiger partial charge in [-0.3, -0.25) is 18.6 Å². The van der Waals surface area contributed by atoms with E-state index < -0.39 is 87.9 Å². The Morgan fingerprint density at radius 3 is 1.46 bits per heavy atom. The lowest BCUT2D eigenvalue weighted by Gasteiger charge is -2.41. The summed E-state index contributed by atoms with van der Waals surface area (Å²) in [5, 5.41) is 71.0. The van der Waals surface area contributed by atoms with Crippen molar-refractivity contribution in [2.75, 3.05) is 13.2 Å². The molecule has 1 rings (SSSR count). The Balaban J connectivity index is 2.62. The fraction of sp³-hybridized carbons (Fsp3) is 0.673. The van der Waals surface area contributed by atoms with E-state index in [-0.39, 0.29) is 32.1 Å². The van der Waals surface area contributed by atoms with E-state index in [0.717, 1.165) is 38.5 Å². The van der Waals surface area contributed by atoms with E-state index in [0.29, 0.717) is 19.3 Å². The van der Waals surface area contributed by atoms with Crippen molar-refractivity contribution in [3.8, 4) is 0 Å². The van der Waals surface area contributed by atoms with Crippen molar-refractivity contribution < 1.29 is 73.3 Å². The van der Waals surface area contributed by atoms with Gasteiger partial charge in [-0.2, -0.15) is 0 Å². The molecule has 0 radical (unpaired) electrons. The summed E-state index contributed by atoms with van der Waals surface area (Å²) in [6.07, 6.45) is 27.9. The van der Waals surface area contributed by atoms with Gasteiger partial charge in [0.25, 0.3) is 0 Å². The highest BCUT2D eigenvalue weighted by molar-refractivity contribution is 7.47. The Labute approximate surface area is 387 Å². The summed E-state index contributed by atoms with van der Waals surface area (Å²) in [6.45, 7) is 2.94. The van der Waals surface area contributed by atoms with Gasteiger partial charge in [0.05, 0.1) is 18.8 Å². The van der Waals surface area contributed by atoms with Crippen LogP contribution in [0.4, 0.5) is 0 Å². The molecule has 0 saturated heterocycles. The van der Waals surface area contributed by atoms with E-state index in [1.165, 1.54) is 38.5 Å². The molecule has 0 amide bonds. The van der Waals surface area contributed by atoms with E-state index in [4.69, 9.17) is 18.5 Å². The third-order valence-corrected chi connectivity index (χ3v) is 11.4. The van der Waals surface area contributed by atoms with Crippen LogP contribution in [0.15, 0.2) is 85.1 Å². The third-order valence-electron chi connectivity index (χ3n) is 10.4. The lowest BCUT2D eigenvalue weighted by Crippen LogP contribution is -2.64. The van der Waals surface area contributed by atoms with Crippen LogP contribution in [0.2, 0.25) is 0 Å². The fourth-order valence-electron chi connectivity index (χ4n) is 6.44. The number of hydrogen-bond donors (Lipinski definition) is 8. The second-order valence-corrected chi connectivity index (χ2v) is 17.6. The van der Waals surface area contributed by atoms with Crippen molar-refractivity contribution in [2.45, 2.75) is 197 Å². The molecule has 0 aromatic carbocycles. The number of allylic oxidation sites excluding steroid dienone is 13. The quantitative estimate of drug-likeness (QED) is 0.0133. The number of hydrogen-bond acceptors (Lipinski definition) is 14. The van der Waals surface area contributed by atoms with Gasteiger partial charge in [0.2, 0.25) is 0 Å². The fourth-order valence-corrected chi connectivity index (χ4v) is 7.41. The normalized spacial score (nSPS) is 23.2. The topological polar surface area (TPSA) is 250 Å². The molecule has 16 heteroatoms. The predicted molar refractivity (Wildman–Crippen MR) is 251 cm³/mol. The van der Waals surface area contributed by atoms with E-state index >= 15 is 0 Å². The number of carbonyl (C=O) groups is 2. The molecule has 5 unspecified atom stereocenters. The van der Waals surface area contributed by atoms with Crippen molar-refractivity contribution in [1.29, 1.82) is 0 Å². The number of rotatable bonds is 37. The first-order valence-electron chi connectivity index (χ1n) is 23.6. The zero-order chi connectivity index (χ0) is 48.1. The van der Waals surface area contributed by atoms with Crippen LogP contribution in [0, 0.1) is 0 Å². The number of aliphatic hydroxyl groups excluding tert-OH is 7. The van der Waals surface area contributed by atoms with Crippen molar-refractivity contribution in [3.05, 3.63) is 85.1 Å². The van der Waals surface area contributed by atoms with Gasteiger partial charge >= 0.3 is 19.8 Å². The summed E-state index contributed by atoms with van der Waals surface area (Å²) in [4.78, 5) is 35.8. The highest BCUT2D eigenvalue weighted by Gasteiger charge is 2.51. The summed E-state index contributed by atoms with van der Waals surface area (Å²) in [6, 6.07) is 0. The molecule has 0 aliphatic heterocycles. The molecule has 0 aromatic rings. The molecule has 10 atom stereocenters. The van der Waals surface area contributed by atoms with E-state index in [1.54, 1.807) is 6.08 Å². The first kappa shape index (κ1) is 60.0. The molecule has 0 bridgehead atoms. The molecular weight excluding hydrogens is 859 g/mol. The summed E-state index contributed by atoms with van der Waals surface area (Å²) in [5.41, 5.74) is 0. The van der Waals surface area contributed by atoms with Crippen molar-refractivity contribution >= 4 is 19.8 Å². The number of phosphoric ester groups is 1. The van der Waals surface area contributed by atoms with Gasteiger partial charge in [-0.25, -0.2) is 4.57 Å². The lowest BCUT2D eigenvalue weighted by atomic mass is 9.85. The predicted octanol–water partition coefficient (Wildman–Crippen LogP) is 7.22. The molecule has 1 saturated carbocycles. The second kappa shape index (κ2) is 38.0. The average Bonchev–Trinajstić information content (AvgIpc) is 3.28. The van der Waals surface area contributed by atoms with Gasteiger partial charge in [0.15, 0.2) is 6.10 Å². The van der Waals surface area contributed by atoms with E-state index in [1.807, 2.05) is 24.3 Å². The third kappa shape index (κ3) is 30.1. The molecule has 0 aromatic heterocycles. The number of carbonyl (C=O) groups excluding carboxylic acids is 2. The van der Waals surface area contributed by atoms with Gasteiger partial charge in [-0.1, -0.05) is 125 Å². The van der Waals surface area contributed by atoms with Crippen molar-refractivity contribution in [3.63, 3.8) is 0 Å². The van der Waals surface area contributed by atoms with Crippen LogP contribution in [0.5, 0.6) is 0 Å². The molecule has 372 valence electrons.